The first-order valence-corrected chi connectivity index (χ1v) is 6.78. The molecule has 1 aromatic heterocycles. The van der Waals surface area contributed by atoms with E-state index in [1.165, 1.54) is 18.2 Å². The third-order valence-corrected chi connectivity index (χ3v) is 3.02. The summed E-state index contributed by atoms with van der Waals surface area (Å²) in [6.45, 7) is 2.51. The third-order valence-electron chi connectivity index (χ3n) is 2.52. The zero-order valence-electron chi connectivity index (χ0n) is 10.7. The van der Waals surface area contributed by atoms with Crippen LogP contribution in [0.25, 0.3) is 0 Å². The van der Waals surface area contributed by atoms with E-state index in [1.807, 2.05) is 6.92 Å². The number of tetrazole rings is 1. The number of nitrogens with zero attached hydrogens (tertiary/aromatic N) is 4. The molecule has 0 aliphatic rings. The van der Waals surface area contributed by atoms with Gasteiger partial charge in [0.2, 0.25) is 0 Å². The number of esters is 1. The molecule has 1 aromatic carbocycles. The Kier molecular flexibility index (Phi) is 4.78. The second-order valence-electron chi connectivity index (χ2n) is 4.02. The number of ether oxygens (including phenoxy) is 1. The number of hydrogen-bond donors (Lipinski definition) is 0. The molecule has 20 heavy (non-hydrogen) atoms. The van der Waals surface area contributed by atoms with Crippen molar-refractivity contribution in [2.45, 2.75) is 26.5 Å². The lowest BCUT2D eigenvalue weighted by atomic mass is 10.2. The molecule has 0 radical (unpaired) electrons. The van der Waals surface area contributed by atoms with Crippen molar-refractivity contribution < 1.29 is 13.9 Å². The maximum absolute atomic E-state index is 13.5. The van der Waals surface area contributed by atoms with Gasteiger partial charge in [-0.3, -0.25) is 0 Å². The number of halogens is 2. The number of benzene rings is 1. The lowest BCUT2D eigenvalue weighted by Gasteiger charge is -2.06. The summed E-state index contributed by atoms with van der Waals surface area (Å²) < 4.78 is 20.7. The lowest BCUT2D eigenvalue weighted by Crippen LogP contribution is -2.12. The van der Waals surface area contributed by atoms with Crippen LogP contribution in [0.2, 0.25) is 0 Å². The quantitative estimate of drug-likeness (QED) is 0.780. The minimum absolute atomic E-state index is 0.0994. The molecule has 0 saturated carbocycles. The van der Waals surface area contributed by atoms with Crippen molar-refractivity contribution in [1.82, 2.24) is 20.2 Å². The Labute approximate surface area is 123 Å². The molecule has 0 aliphatic heterocycles. The van der Waals surface area contributed by atoms with Crippen molar-refractivity contribution in [2.24, 2.45) is 0 Å². The van der Waals surface area contributed by atoms with Gasteiger partial charge in [-0.25, -0.2) is 13.9 Å². The fourth-order valence-corrected chi connectivity index (χ4v) is 1.93. The summed E-state index contributed by atoms with van der Waals surface area (Å²) in [7, 11) is 0. The Bertz CT molecular complexity index is 617. The van der Waals surface area contributed by atoms with E-state index in [9.17, 15) is 9.18 Å². The molecule has 0 unspecified atom stereocenters. The second-order valence-corrected chi connectivity index (χ2v) is 4.93. The molecule has 0 bridgehead atoms. The average Bonchev–Trinajstić information content (AvgIpc) is 2.87. The predicted molar refractivity (Wildman–Crippen MR) is 71.3 cm³/mol. The fraction of sp³-hybridized carbons (Fsp3) is 0.333. The van der Waals surface area contributed by atoms with Gasteiger partial charge in [0.25, 0.3) is 0 Å². The number of aromatic nitrogens is 4. The molecule has 0 spiro atoms. The van der Waals surface area contributed by atoms with E-state index in [2.05, 4.69) is 31.5 Å². The maximum Gasteiger partial charge on any atom is 0.341 e. The minimum Gasteiger partial charge on any atom is -0.454 e. The van der Waals surface area contributed by atoms with Crippen LogP contribution < -0.4 is 0 Å². The first kappa shape index (κ1) is 14.6. The number of carbonyl (C=O) groups excluding carboxylic acids is 1. The van der Waals surface area contributed by atoms with Crippen molar-refractivity contribution in [1.29, 1.82) is 0 Å². The van der Waals surface area contributed by atoms with Crippen LogP contribution in [0.15, 0.2) is 22.7 Å². The molecule has 8 heteroatoms. The van der Waals surface area contributed by atoms with Crippen LogP contribution in [0.5, 0.6) is 0 Å². The highest BCUT2D eigenvalue weighted by Crippen LogP contribution is 2.16. The first-order chi connectivity index (χ1) is 9.61. The predicted octanol–water partition coefficient (Wildman–Crippen LogP) is 2.34. The van der Waals surface area contributed by atoms with Gasteiger partial charge in [-0.05, 0) is 35.0 Å². The van der Waals surface area contributed by atoms with Gasteiger partial charge in [-0.2, -0.15) is 0 Å². The van der Waals surface area contributed by atoms with E-state index in [0.717, 1.165) is 6.42 Å². The minimum atomic E-state index is -0.755. The summed E-state index contributed by atoms with van der Waals surface area (Å²) in [6, 6.07) is 4.07. The number of carbonyl (C=O) groups is 1. The number of rotatable bonds is 5. The van der Waals surface area contributed by atoms with Crippen LogP contribution in [-0.2, 0) is 17.9 Å². The highest BCUT2D eigenvalue weighted by Gasteiger charge is 2.15. The summed E-state index contributed by atoms with van der Waals surface area (Å²) in [4.78, 5) is 11.8. The van der Waals surface area contributed by atoms with Crippen LogP contribution in [0.1, 0.15) is 29.5 Å². The standard InChI is InChI=1S/C12H12BrFN4O2/c1-2-5-18-11(15-16-17-18)7-20-12(19)9-6-8(13)3-4-10(9)14/h3-4,6H,2,5,7H2,1H3. The summed E-state index contributed by atoms with van der Waals surface area (Å²) in [5.41, 5.74) is -0.131. The third kappa shape index (κ3) is 3.38. The highest BCUT2D eigenvalue weighted by molar-refractivity contribution is 9.10. The Balaban J connectivity index is 2.05. The molecule has 0 amide bonds. The molecule has 106 valence electrons. The second kappa shape index (κ2) is 6.56. The van der Waals surface area contributed by atoms with Crippen LogP contribution in [0.4, 0.5) is 4.39 Å². The van der Waals surface area contributed by atoms with E-state index < -0.39 is 11.8 Å². The lowest BCUT2D eigenvalue weighted by molar-refractivity contribution is 0.0451. The maximum atomic E-state index is 13.5. The van der Waals surface area contributed by atoms with Crippen LogP contribution >= 0.6 is 15.9 Å². The molecular weight excluding hydrogens is 331 g/mol. The van der Waals surface area contributed by atoms with Crippen molar-refractivity contribution in [3.05, 3.63) is 39.9 Å². The van der Waals surface area contributed by atoms with Crippen molar-refractivity contribution in [3.8, 4) is 0 Å². The molecule has 1 heterocycles. The molecule has 0 fully saturated rings. The topological polar surface area (TPSA) is 69.9 Å². The molecule has 0 atom stereocenters. The summed E-state index contributed by atoms with van der Waals surface area (Å²) in [6.07, 6.45) is 0.853. The van der Waals surface area contributed by atoms with E-state index in [0.29, 0.717) is 16.8 Å². The van der Waals surface area contributed by atoms with Gasteiger partial charge in [0.1, 0.15) is 5.82 Å². The molecule has 0 aliphatic carbocycles. The van der Waals surface area contributed by atoms with Gasteiger partial charge in [0.15, 0.2) is 12.4 Å². The molecule has 2 rings (SSSR count). The van der Waals surface area contributed by atoms with Gasteiger partial charge in [-0.15, -0.1) is 5.10 Å². The largest absolute Gasteiger partial charge is 0.454 e. The fourth-order valence-electron chi connectivity index (χ4n) is 1.57. The van der Waals surface area contributed by atoms with E-state index >= 15 is 0 Å². The normalized spacial score (nSPS) is 10.6. The first-order valence-electron chi connectivity index (χ1n) is 5.99. The zero-order valence-corrected chi connectivity index (χ0v) is 12.3. The number of hydrogen-bond acceptors (Lipinski definition) is 5. The Morgan fingerprint density at radius 2 is 2.30 bits per heavy atom. The van der Waals surface area contributed by atoms with Gasteiger partial charge >= 0.3 is 5.97 Å². The summed E-state index contributed by atoms with van der Waals surface area (Å²) >= 11 is 3.18. The monoisotopic (exact) mass is 342 g/mol. The molecule has 2 aromatic rings. The summed E-state index contributed by atoms with van der Waals surface area (Å²) in [5.74, 6) is -0.961. The molecule has 6 nitrogen and oxygen atoms in total. The van der Waals surface area contributed by atoms with Crippen molar-refractivity contribution in [2.75, 3.05) is 0 Å². The van der Waals surface area contributed by atoms with E-state index in [-0.39, 0.29) is 12.2 Å². The Hall–Kier alpha value is -1.83. The molecule has 0 saturated heterocycles. The molecular formula is C12H12BrFN4O2. The highest BCUT2D eigenvalue weighted by atomic mass is 79.9. The Morgan fingerprint density at radius 1 is 1.50 bits per heavy atom. The van der Waals surface area contributed by atoms with E-state index in [1.54, 1.807) is 4.68 Å². The SMILES string of the molecule is CCCn1nnnc1COC(=O)c1cc(Br)ccc1F. The van der Waals surface area contributed by atoms with Crippen molar-refractivity contribution >= 4 is 21.9 Å². The van der Waals surface area contributed by atoms with Gasteiger partial charge in [-0.1, -0.05) is 22.9 Å². The smallest absolute Gasteiger partial charge is 0.341 e. The van der Waals surface area contributed by atoms with Crippen LogP contribution in [0, 0.1) is 5.82 Å². The molecule has 0 N–H and O–H groups in total. The van der Waals surface area contributed by atoms with Crippen LogP contribution in [-0.4, -0.2) is 26.2 Å². The Morgan fingerprint density at radius 3 is 3.05 bits per heavy atom. The summed E-state index contributed by atoms with van der Waals surface area (Å²) in [5, 5.41) is 11.0. The van der Waals surface area contributed by atoms with Crippen molar-refractivity contribution in [3.63, 3.8) is 0 Å². The van der Waals surface area contributed by atoms with E-state index in [4.69, 9.17) is 4.74 Å². The van der Waals surface area contributed by atoms with Gasteiger partial charge < -0.3 is 4.74 Å². The number of aryl methyl sites for hydroxylation is 1. The van der Waals surface area contributed by atoms with Gasteiger partial charge in [0.05, 0.1) is 5.56 Å². The average molecular weight is 343 g/mol. The van der Waals surface area contributed by atoms with Crippen LogP contribution in [0.3, 0.4) is 0 Å². The zero-order chi connectivity index (χ0) is 14.5. The van der Waals surface area contributed by atoms with Gasteiger partial charge in [0, 0.05) is 11.0 Å².